The minimum Gasteiger partial charge on any atom is -0.464 e. The van der Waals surface area contributed by atoms with E-state index in [9.17, 15) is 4.79 Å². The molecule has 0 saturated heterocycles. The summed E-state index contributed by atoms with van der Waals surface area (Å²) >= 11 is 0. The number of H-pyrrole nitrogens is 1. The molecule has 0 spiro atoms. The van der Waals surface area contributed by atoms with Gasteiger partial charge in [-0.15, -0.1) is 0 Å². The molecule has 3 aromatic rings. The van der Waals surface area contributed by atoms with Gasteiger partial charge in [0.1, 0.15) is 5.69 Å². The summed E-state index contributed by atoms with van der Waals surface area (Å²) in [5, 5.41) is 0. The molecule has 0 bridgehead atoms. The van der Waals surface area contributed by atoms with Crippen molar-refractivity contribution in [2.45, 2.75) is 6.92 Å². The number of aryl methyl sites for hydroxylation is 1. The van der Waals surface area contributed by atoms with Crippen LogP contribution in [0.5, 0.6) is 0 Å². The highest BCUT2D eigenvalue weighted by Crippen LogP contribution is 2.28. The molecule has 0 radical (unpaired) electrons. The van der Waals surface area contributed by atoms with Gasteiger partial charge in [0.05, 0.1) is 12.8 Å². The number of pyridine rings is 1. The van der Waals surface area contributed by atoms with Gasteiger partial charge in [-0.3, -0.25) is 4.98 Å². The number of hydrogen-bond acceptors (Lipinski definition) is 3. The Morgan fingerprint density at radius 1 is 1.14 bits per heavy atom. The molecule has 3 rings (SSSR count). The Morgan fingerprint density at radius 3 is 2.64 bits per heavy atom. The average molecular weight is 292 g/mol. The van der Waals surface area contributed by atoms with Crippen molar-refractivity contribution in [3.8, 4) is 22.4 Å². The summed E-state index contributed by atoms with van der Waals surface area (Å²) in [4.78, 5) is 19.0. The van der Waals surface area contributed by atoms with E-state index in [1.165, 1.54) is 7.11 Å². The first kappa shape index (κ1) is 14.1. The molecule has 1 N–H and O–H groups in total. The van der Waals surface area contributed by atoms with Crippen molar-refractivity contribution in [3.05, 3.63) is 66.1 Å². The van der Waals surface area contributed by atoms with Crippen LogP contribution in [0.1, 0.15) is 16.1 Å². The van der Waals surface area contributed by atoms with E-state index in [-0.39, 0.29) is 5.97 Å². The molecule has 0 unspecified atom stereocenters. The van der Waals surface area contributed by atoms with Crippen molar-refractivity contribution in [2.24, 2.45) is 0 Å². The van der Waals surface area contributed by atoms with Crippen molar-refractivity contribution in [1.82, 2.24) is 9.97 Å². The maximum atomic E-state index is 11.6. The summed E-state index contributed by atoms with van der Waals surface area (Å²) in [6, 6.07) is 13.8. The Hall–Kier alpha value is -2.88. The van der Waals surface area contributed by atoms with Crippen molar-refractivity contribution in [3.63, 3.8) is 0 Å². The van der Waals surface area contributed by atoms with Gasteiger partial charge in [-0.25, -0.2) is 4.79 Å². The summed E-state index contributed by atoms with van der Waals surface area (Å²) in [6.07, 6.45) is 3.66. The summed E-state index contributed by atoms with van der Waals surface area (Å²) < 4.78 is 4.73. The lowest BCUT2D eigenvalue weighted by Crippen LogP contribution is -2.00. The molecule has 0 fully saturated rings. The van der Waals surface area contributed by atoms with Crippen LogP contribution in [0.4, 0.5) is 0 Å². The van der Waals surface area contributed by atoms with Crippen LogP contribution < -0.4 is 0 Å². The van der Waals surface area contributed by atoms with Gasteiger partial charge < -0.3 is 9.72 Å². The average Bonchev–Trinajstić information content (AvgIpc) is 3.05. The van der Waals surface area contributed by atoms with E-state index in [2.05, 4.69) is 9.97 Å². The molecule has 4 nitrogen and oxygen atoms in total. The van der Waals surface area contributed by atoms with E-state index in [1.807, 2.05) is 55.7 Å². The lowest BCUT2D eigenvalue weighted by atomic mass is 10.0. The van der Waals surface area contributed by atoms with E-state index in [1.54, 1.807) is 6.07 Å². The molecule has 0 amide bonds. The SMILES string of the molecule is COC(=O)c1cc(-c2cc(-c3ccccc3)ncc2C)c[nH]1. The van der Waals surface area contributed by atoms with Crippen molar-refractivity contribution < 1.29 is 9.53 Å². The van der Waals surface area contributed by atoms with Crippen LogP contribution in [0, 0.1) is 6.92 Å². The summed E-state index contributed by atoms with van der Waals surface area (Å²) in [6.45, 7) is 2.00. The van der Waals surface area contributed by atoms with Crippen LogP contribution in [0.2, 0.25) is 0 Å². The Balaban J connectivity index is 2.04. The first-order valence-corrected chi connectivity index (χ1v) is 6.98. The number of methoxy groups -OCH3 is 1. The minimum atomic E-state index is -0.374. The number of nitrogens with one attached hydrogen (secondary N) is 1. The van der Waals surface area contributed by atoms with Crippen molar-refractivity contribution >= 4 is 5.97 Å². The highest BCUT2D eigenvalue weighted by atomic mass is 16.5. The lowest BCUT2D eigenvalue weighted by molar-refractivity contribution is 0.0595. The lowest BCUT2D eigenvalue weighted by Gasteiger charge is -2.07. The molecule has 0 aliphatic carbocycles. The molecular formula is C18H16N2O2. The predicted molar refractivity (Wildman–Crippen MR) is 85.5 cm³/mol. The molecule has 0 atom stereocenters. The number of carbonyl (C=O) groups is 1. The monoisotopic (exact) mass is 292 g/mol. The highest BCUT2D eigenvalue weighted by Gasteiger charge is 2.12. The number of aromatic nitrogens is 2. The maximum Gasteiger partial charge on any atom is 0.354 e. The number of benzene rings is 1. The molecular weight excluding hydrogens is 276 g/mol. The second kappa shape index (κ2) is 5.85. The van der Waals surface area contributed by atoms with Gasteiger partial charge in [0, 0.05) is 23.5 Å². The molecule has 22 heavy (non-hydrogen) atoms. The predicted octanol–water partition coefficient (Wildman–Crippen LogP) is 3.84. The molecule has 1 aromatic carbocycles. The molecule has 0 aliphatic rings. The van der Waals surface area contributed by atoms with Crippen LogP contribution in [0.15, 0.2) is 54.9 Å². The van der Waals surface area contributed by atoms with Crippen LogP contribution in [-0.4, -0.2) is 23.0 Å². The second-order valence-corrected chi connectivity index (χ2v) is 5.04. The number of hydrogen-bond donors (Lipinski definition) is 1. The summed E-state index contributed by atoms with van der Waals surface area (Å²) in [5.74, 6) is -0.374. The Bertz CT molecular complexity index is 807. The van der Waals surface area contributed by atoms with Crippen molar-refractivity contribution in [2.75, 3.05) is 7.11 Å². The fourth-order valence-corrected chi connectivity index (χ4v) is 2.38. The molecule has 110 valence electrons. The third-order valence-electron chi connectivity index (χ3n) is 3.57. The normalized spacial score (nSPS) is 10.5. The van der Waals surface area contributed by atoms with Crippen LogP contribution >= 0.6 is 0 Å². The second-order valence-electron chi connectivity index (χ2n) is 5.04. The fraction of sp³-hybridized carbons (Fsp3) is 0.111. The number of ether oxygens (including phenoxy) is 1. The Morgan fingerprint density at radius 2 is 1.91 bits per heavy atom. The topological polar surface area (TPSA) is 55.0 Å². The van der Waals surface area contributed by atoms with Gasteiger partial charge in [0.2, 0.25) is 0 Å². The Kier molecular flexibility index (Phi) is 3.74. The molecule has 2 aromatic heterocycles. The quantitative estimate of drug-likeness (QED) is 0.746. The third kappa shape index (κ3) is 2.63. The maximum absolute atomic E-state index is 11.6. The van der Waals surface area contributed by atoms with Gasteiger partial charge in [-0.1, -0.05) is 30.3 Å². The number of aromatic amines is 1. The molecule has 2 heterocycles. The molecule has 0 saturated carbocycles. The highest BCUT2D eigenvalue weighted by molar-refractivity contribution is 5.89. The zero-order valence-corrected chi connectivity index (χ0v) is 12.5. The zero-order chi connectivity index (χ0) is 15.5. The first-order valence-electron chi connectivity index (χ1n) is 6.98. The standard InChI is InChI=1S/C18H16N2O2/c1-12-10-19-16(13-6-4-3-5-7-13)9-15(12)14-8-17(20-11-14)18(21)22-2/h3-11,20H,1-2H3. The molecule has 4 heteroatoms. The Labute approximate surface area is 128 Å². The van der Waals surface area contributed by atoms with Crippen LogP contribution in [0.25, 0.3) is 22.4 Å². The van der Waals surface area contributed by atoms with Crippen LogP contribution in [-0.2, 0) is 4.74 Å². The van der Waals surface area contributed by atoms with E-state index in [0.29, 0.717) is 5.69 Å². The number of nitrogens with zero attached hydrogens (tertiary/aromatic N) is 1. The first-order chi connectivity index (χ1) is 10.7. The van der Waals surface area contributed by atoms with Gasteiger partial charge in [-0.05, 0) is 30.2 Å². The third-order valence-corrected chi connectivity index (χ3v) is 3.57. The van der Waals surface area contributed by atoms with Gasteiger partial charge in [-0.2, -0.15) is 0 Å². The van der Waals surface area contributed by atoms with E-state index >= 15 is 0 Å². The van der Waals surface area contributed by atoms with Gasteiger partial charge in [0.15, 0.2) is 0 Å². The van der Waals surface area contributed by atoms with E-state index in [0.717, 1.165) is 27.9 Å². The minimum absolute atomic E-state index is 0.374. The van der Waals surface area contributed by atoms with Crippen LogP contribution in [0.3, 0.4) is 0 Å². The number of rotatable bonds is 3. The fourth-order valence-electron chi connectivity index (χ4n) is 2.38. The largest absolute Gasteiger partial charge is 0.464 e. The van der Waals surface area contributed by atoms with Crippen molar-refractivity contribution in [1.29, 1.82) is 0 Å². The summed E-state index contributed by atoms with van der Waals surface area (Å²) in [5.41, 5.74) is 5.44. The van der Waals surface area contributed by atoms with E-state index < -0.39 is 0 Å². The van der Waals surface area contributed by atoms with Gasteiger partial charge in [0.25, 0.3) is 0 Å². The summed E-state index contributed by atoms with van der Waals surface area (Å²) in [7, 11) is 1.37. The molecule has 0 aliphatic heterocycles. The van der Waals surface area contributed by atoms with Gasteiger partial charge >= 0.3 is 5.97 Å². The van der Waals surface area contributed by atoms with E-state index in [4.69, 9.17) is 4.74 Å². The smallest absolute Gasteiger partial charge is 0.354 e. The number of carbonyl (C=O) groups excluding carboxylic acids is 1. The zero-order valence-electron chi connectivity index (χ0n) is 12.5. The number of esters is 1.